The van der Waals surface area contributed by atoms with Gasteiger partial charge in [-0.25, -0.2) is 4.39 Å². The normalized spacial score (nSPS) is 10.9. The molecular weight excluding hydrogens is 283 g/mol. The number of para-hydroxylation sites is 1. The minimum absolute atomic E-state index is 0.390. The second kappa shape index (κ2) is 6.39. The summed E-state index contributed by atoms with van der Waals surface area (Å²) < 4.78 is 12.9. The van der Waals surface area contributed by atoms with Gasteiger partial charge >= 0.3 is 0 Å². The summed E-state index contributed by atoms with van der Waals surface area (Å²) in [7, 11) is 0. The van der Waals surface area contributed by atoms with Gasteiger partial charge in [-0.05, 0) is 50.2 Å². The number of rotatable bonds is 4. The van der Waals surface area contributed by atoms with Crippen molar-refractivity contribution in [3.8, 4) is 0 Å². The molecule has 0 heterocycles. The van der Waals surface area contributed by atoms with Crippen LogP contribution in [0.2, 0.25) is 0 Å². The molecular formula is C17H17FN2O2. The van der Waals surface area contributed by atoms with Gasteiger partial charge in [0.25, 0.3) is 0 Å². The molecule has 4 nitrogen and oxygen atoms in total. The zero-order valence-electron chi connectivity index (χ0n) is 12.4. The molecule has 2 rings (SSSR count). The molecule has 0 radical (unpaired) electrons. The maximum absolute atomic E-state index is 12.9. The smallest absolute Gasteiger partial charge is 0.239 e. The van der Waals surface area contributed by atoms with Crippen LogP contribution in [-0.4, -0.2) is 11.8 Å². The van der Waals surface area contributed by atoms with Crippen LogP contribution in [0.3, 0.4) is 0 Å². The lowest BCUT2D eigenvalue weighted by atomic mass is 9.90. The van der Waals surface area contributed by atoms with E-state index in [2.05, 4.69) is 10.6 Å². The summed E-state index contributed by atoms with van der Waals surface area (Å²) in [5.74, 6) is -1.27. The fourth-order valence-electron chi connectivity index (χ4n) is 1.73. The van der Waals surface area contributed by atoms with Crippen molar-refractivity contribution in [2.75, 3.05) is 10.6 Å². The van der Waals surface area contributed by atoms with Crippen molar-refractivity contribution in [2.45, 2.75) is 13.8 Å². The summed E-state index contributed by atoms with van der Waals surface area (Å²) in [6.45, 7) is 3.06. The van der Waals surface area contributed by atoms with Gasteiger partial charge in [-0.2, -0.15) is 0 Å². The summed E-state index contributed by atoms with van der Waals surface area (Å²) >= 11 is 0. The molecule has 0 aliphatic heterocycles. The van der Waals surface area contributed by atoms with E-state index in [4.69, 9.17) is 0 Å². The molecule has 0 aliphatic carbocycles. The zero-order chi connectivity index (χ0) is 16.2. The van der Waals surface area contributed by atoms with Crippen LogP contribution in [-0.2, 0) is 9.59 Å². The van der Waals surface area contributed by atoms with Crippen LogP contribution < -0.4 is 10.6 Å². The Kier molecular flexibility index (Phi) is 4.56. The fraction of sp³-hybridized carbons (Fsp3) is 0.176. The standard InChI is InChI=1S/C17H17FN2O2/c1-17(2,15(21)19-13-6-4-3-5-7-13)16(22)20-14-10-8-12(18)9-11-14/h3-11H,1-2H3,(H,19,21)(H,20,22). The van der Waals surface area contributed by atoms with Crippen molar-refractivity contribution in [2.24, 2.45) is 5.41 Å². The summed E-state index contributed by atoms with van der Waals surface area (Å²) in [5.41, 5.74) is -0.216. The van der Waals surface area contributed by atoms with Gasteiger partial charge < -0.3 is 10.6 Å². The molecule has 2 amide bonds. The highest BCUT2D eigenvalue weighted by Gasteiger charge is 2.36. The molecule has 0 aromatic heterocycles. The Morgan fingerprint density at radius 2 is 1.27 bits per heavy atom. The van der Waals surface area contributed by atoms with Crippen LogP contribution in [0.5, 0.6) is 0 Å². The Bertz CT molecular complexity index is 667. The molecule has 0 bridgehead atoms. The van der Waals surface area contributed by atoms with E-state index in [-0.39, 0.29) is 5.82 Å². The Labute approximate surface area is 128 Å². The third-order valence-electron chi connectivity index (χ3n) is 3.27. The number of hydrogen-bond acceptors (Lipinski definition) is 2. The Hall–Kier alpha value is -2.69. The Morgan fingerprint density at radius 3 is 1.77 bits per heavy atom. The fourth-order valence-corrected chi connectivity index (χ4v) is 1.73. The van der Waals surface area contributed by atoms with Gasteiger partial charge in [-0.1, -0.05) is 18.2 Å². The van der Waals surface area contributed by atoms with E-state index in [1.54, 1.807) is 24.3 Å². The van der Waals surface area contributed by atoms with Gasteiger partial charge in [0.15, 0.2) is 0 Å². The van der Waals surface area contributed by atoms with Crippen molar-refractivity contribution in [1.29, 1.82) is 0 Å². The number of carbonyl (C=O) groups excluding carboxylic acids is 2. The van der Waals surface area contributed by atoms with E-state index in [9.17, 15) is 14.0 Å². The second-order valence-corrected chi connectivity index (χ2v) is 5.41. The van der Waals surface area contributed by atoms with Gasteiger partial charge in [-0.3, -0.25) is 9.59 Å². The SMILES string of the molecule is CC(C)(C(=O)Nc1ccccc1)C(=O)Nc1ccc(F)cc1. The summed E-state index contributed by atoms with van der Waals surface area (Å²) in [5, 5.41) is 5.31. The molecule has 2 N–H and O–H groups in total. The van der Waals surface area contributed by atoms with Crippen LogP contribution in [0, 0.1) is 11.2 Å². The summed E-state index contributed by atoms with van der Waals surface area (Å²) in [4.78, 5) is 24.6. The van der Waals surface area contributed by atoms with Gasteiger partial charge in [0.05, 0.1) is 0 Å². The Morgan fingerprint density at radius 1 is 0.818 bits per heavy atom. The molecule has 2 aromatic rings. The lowest BCUT2D eigenvalue weighted by Gasteiger charge is -2.22. The first-order valence-corrected chi connectivity index (χ1v) is 6.83. The van der Waals surface area contributed by atoms with Gasteiger partial charge in [0.1, 0.15) is 11.2 Å². The van der Waals surface area contributed by atoms with Crippen LogP contribution in [0.1, 0.15) is 13.8 Å². The van der Waals surface area contributed by atoms with Crippen molar-refractivity contribution >= 4 is 23.2 Å². The number of amides is 2. The van der Waals surface area contributed by atoms with Crippen molar-refractivity contribution in [3.63, 3.8) is 0 Å². The van der Waals surface area contributed by atoms with E-state index < -0.39 is 17.2 Å². The lowest BCUT2D eigenvalue weighted by Crippen LogP contribution is -2.41. The lowest BCUT2D eigenvalue weighted by molar-refractivity contribution is -0.135. The first-order valence-electron chi connectivity index (χ1n) is 6.83. The average molecular weight is 300 g/mol. The van der Waals surface area contributed by atoms with Crippen LogP contribution in [0.4, 0.5) is 15.8 Å². The number of anilines is 2. The molecule has 0 spiro atoms. The van der Waals surface area contributed by atoms with E-state index in [1.807, 2.05) is 6.07 Å². The predicted molar refractivity (Wildman–Crippen MR) is 83.9 cm³/mol. The number of benzene rings is 2. The third-order valence-corrected chi connectivity index (χ3v) is 3.27. The third kappa shape index (κ3) is 3.69. The monoisotopic (exact) mass is 300 g/mol. The number of nitrogens with one attached hydrogen (secondary N) is 2. The quantitative estimate of drug-likeness (QED) is 0.850. The number of hydrogen-bond donors (Lipinski definition) is 2. The van der Waals surface area contributed by atoms with Gasteiger partial charge in [0, 0.05) is 11.4 Å². The van der Waals surface area contributed by atoms with Crippen LogP contribution >= 0.6 is 0 Å². The average Bonchev–Trinajstić information content (AvgIpc) is 2.50. The van der Waals surface area contributed by atoms with Crippen molar-refractivity contribution < 1.29 is 14.0 Å². The molecule has 0 saturated heterocycles. The van der Waals surface area contributed by atoms with E-state index in [0.29, 0.717) is 11.4 Å². The number of halogens is 1. The van der Waals surface area contributed by atoms with E-state index >= 15 is 0 Å². The minimum Gasteiger partial charge on any atom is -0.325 e. The van der Waals surface area contributed by atoms with Crippen LogP contribution in [0.25, 0.3) is 0 Å². The molecule has 0 fully saturated rings. The van der Waals surface area contributed by atoms with Gasteiger partial charge in [-0.15, -0.1) is 0 Å². The molecule has 114 valence electrons. The maximum Gasteiger partial charge on any atom is 0.239 e. The molecule has 0 aliphatic rings. The predicted octanol–water partition coefficient (Wildman–Crippen LogP) is 3.43. The Balaban J connectivity index is 2.06. The molecule has 0 unspecified atom stereocenters. The highest BCUT2D eigenvalue weighted by Crippen LogP contribution is 2.21. The first-order chi connectivity index (χ1) is 10.4. The number of carbonyl (C=O) groups is 2. The second-order valence-electron chi connectivity index (χ2n) is 5.41. The summed E-state index contributed by atoms with van der Waals surface area (Å²) in [6, 6.07) is 14.3. The highest BCUT2D eigenvalue weighted by atomic mass is 19.1. The van der Waals surface area contributed by atoms with Crippen molar-refractivity contribution in [1.82, 2.24) is 0 Å². The zero-order valence-corrected chi connectivity index (χ0v) is 12.4. The maximum atomic E-state index is 12.9. The van der Waals surface area contributed by atoms with E-state index in [0.717, 1.165) is 0 Å². The summed E-state index contributed by atoms with van der Waals surface area (Å²) in [6.07, 6.45) is 0. The molecule has 22 heavy (non-hydrogen) atoms. The first kappa shape index (κ1) is 15.7. The minimum atomic E-state index is -1.27. The van der Waals surface area contributed by atoms with Gasteiger partial charge in [0.2, 0.25) is 11.8 Å². The molecule has 2 aromatic carbocycles. The van der Waals surface area contributed by atoms with Crippen LogP contribution in [0.15, 0.2) is 54.6 Å². The molecule has 0 saturated carbocycles. The molecule has 0 atom stereocenters. The largest absolute Gasteiger partial charge is 0.325 e. The molecule has 5 heteroatoms. The topological polar surface area (TPSA) is 58.2 Å². The van der Waals surface area contributed by atoms with E-state index in [1.165, 1.54) is 38.1 Å². The van der Waals surface area contributed by atoms with Crippen molar-refractivity contribution in [3.05, 3.63) is 60.4 Å². The highest BCUT2D eigenvalue weighted by molar-refractivity contribution is 6.13.